The van der Waals surface area contributed by atoms with Gasteiger partial charge in [0.05, 0.1) is 12.7 Å². The standard InChI is InChI=1S/C46H41N3O5S2/c1-54-46(53)40-37-26-10-2-3-11-27-39(37)56-45(40)49-44(52)41(31-17-6-4-7-18-31)55-35-24-15-23-34(29-35)47-43(51)38(48-42(50)32-19-8-5-9-20-32)28-33-22-14-21-30-16-12-13-25-36(30)33/h4-9,12-25,28-29,41H,2-3,10-11,26-27H2,1H3,(H,47,51)(H,48,50)(H,49,52)/b38-28+. The molecule has 1 unspecified atom stereocenters. The fourth-order valence-electron chi connectivity index (χ4n) is 6.86. The fraction of sp³-hybridized carbons (Fsp3) is 0.174. The third-order valence-corrected chi connectivity index (χ3v) is 12.1. The Bertz CT molecular complexity index is 2400. The summed E-state index contributed by atoms with van der Waals surface area (Å²) in [5, 5.41) is 10.7. The van der Waals surface area contributed by atoms with Crippen LogP contribution in [0.15, 0.2) is 138 Å². The van der Waals surface area contributed by atoms with Crippen LogP contribution < -0.4 is 16.0 Å². The van der Waals surface area contributed by atoms with Crippen molar-refractivity contribution in [2.75, 3.05) is 17.7 Å². The first-order chi connectivity index (χ1) is 27.4. The van der Waals surface area contributed by atoms with Gasteiger partial charge in [-0.25, -0.2) is 4.79 Å². The van der Waals surface area contributed by atoms with Gasteiger partial charge in [-0.05, 0) is 89.6 Å². The number of methoxy groups -OCH3 is 1. The quantitative estimate of drug-likeness (QED) is 0.0686. The van der Waals surface area contributed by atoms with E-state index < -0.39 is 23.0 Å². The van der Waals surface area contributed by atoms with Gasteiger partial charge in [-0.3, -0.25) is 14.4 Å². The molecule has 0 saturated carbocycles. The van der Waals surface area contributed by atoms with Crippen molar-refractivity contribution in [2.45, 2.75) is 48.7 Å². The number of carbonyl (C=O) groups excluding carboxylic acids is 4. The second kappa shape index (κ2) is 18.1. The van der Waals surface area contributed by atoms with Gasteiger partial charge in [0.15, 0.2) is 0 Å². The number of amides is 3. The summed E-state index contributed by atoms with van der Waals surface area (Å²) in [4.78, 5) is 56.6. The smallest absolute Gasteiger partial charge is 0.341 e. The monoisotopic (exact) mass is 779 g/mol. The predicted molar refractivity (Wildman–Crippen MR) is 226 cm³/mol. The van der Waals surface area contributed by atoms with Crippen LogP contribution in [0.4, 0.5) is 10.7 Å². The molecule has 0 bridgehead atoms. The van der Waals surface area contributed by atoms with Gasteiger partial charge in [0.1, 0.15) is 15.9 Å². The SMILES string of the molecule is COC(=O)c1c(NC(=O)C(Sc2cccc(NC(=O)/C(=C\c3cccc4ccccc34)NC(=O)c3ccccc3)c2)c2ccccc2)sc2c1CCCCCC2. The lowest BCUT2D eigenvalue weighted by Gasteiger charge is -2.18. The minimum Gasteiger partial charge on any atom is -0.465 e. The molecule has 1 aliphatic carbocycles. The van der Waals surface area contributed by atoms with Crippen LogP contribution in [-0.2, 0) is 27.2 Å². The number of thiophene rings is 1. The van der Waals surface area contributed by atoms with Crippen LogP contribution >= 0.6 is 23.1 Å². The second-order valence-corrected chi connectivity index (χ2v) is 15.7. The van der Waals surface area contributed by atoms with Crippen LogP contribution in [0.2, 0.25) is 0 Å². The van der Waals surface area contributed by atoms with Gasteiger partial charge in [0, 0.05) is 21.0 Å². The Morgan fingerprint density at radius 3 is 2.23 bits per heavy atom. The number of anilines is 2. The van der Waals surface area contributed by atoms with Crippen LogP contribution in [0.1, 0.15) is 73.2 Å². The highest BCUT2D eigenvalue weighted by molar-refractivity contribution is 8.00. The maximum atomic E-state index is 14.3. The van der Waals surface area contributed by atoms with Gasteiger partial charge >= 0.3 is 5.97 Å². The molecule has 3 N–H and O–H groups in total. The minimum absolute atomic E-state index is 0.0706. The van der Waals surface area contributed by atoms with E-state index in [2.05, 4.69) is 16.0 Å². The Kier molecular flexibility index (Phi) is 12.4. The molecule has 0 fully saturated rings. The summed E-state index contributed by atoms with van der Waals surface area (Å²) in [5.41, 5.74) is 3.96. The topological polar surface area (TPSA) is 114 Å². The van der Waals surface area contributed by atoms with Crippen molar-refractivity contribution >= 4 is 74.3 Å². The van der Waals surface area contributed by atoms with Crippen molar-refractivity contribution < 1.29 is 23.9 Å². The molecule has 1 aliphatic rings. The van der Waals surface area contributed by atoms with Crippen molar-refractivity contribution in [3.63, 3.8) is 0 Å². The Hall–Kier alpha value is -5.97. The number of hydrogen-bond donors (Lipinski definition) is 3. The molecular formula is C46H41N3O5S2. The van der Waals surface area contributed by atoms with E-state index >= 15 is 0 Å². The predicted octanol–water partition coefficient (Wildman–Crippen LogP) is 10.2. The van der Waals surface area contributed by atoms with Crippen molar-refractivity contribution in [1.82, 2.24) is 5.32 Å². The molecule has 5 aromatic carbocycles. The van der Waals surface area contributed by atoms with Crippen LogP contribution in [0.5, 0.6) is 0 Å². The molecule has 0 aliphatic heterocycles. The molecule has 1 heterocycles. The third-order valence-electron chi connectivity index (χ3n) is 9.64. The molecule has 6 aromatic rings. The van der Waals surface area contributed by atoms with E-state index in [1.165, 1.54) is 30.2 Å². The van der Waals surface area contributed by atoms with Gasteiger partial charge in [0.2, 0.25) is 5.91 Å². The number of carbonyl (C=O) groups is 4. The summed E-state index contributed by atoms with van der Waals surface area (Å²) >= 11 is 2.80. The molecule has 1 aromatic heterocycles. The second-order valence-electron chi connectivity index (χ2n) is 13.4. The van der Waals surface area contributed by atoms with E-state index in [-0.39, 0.29) is 11.6 Å². The van der Waals surface area contributed by atoms with Crippen molar-refractivity contribution in [3.05, 3.63) is 166 Å². The third kappa shape index (κ3) is 9.10. The molecule has 10 heteroatoms. The zero-order valence-corrected chi connectivity index (χ0v) is 32.5. The highest BCUT2D eigenvalue weighted by atomic mass is 32.2. The molecule has 3 amide bonds. The van der Waals surface area contributed by atoms with E-state index in [1.54, 1.807) is 42.5 Å². The van der Waals surface area contributed by atoms with E-state index in [1.807, 2.05) is 91.0 Å². The molecule has 0 radical (unpaired) electrons. The first-order valence-corrected chi connectivity index (χ1v) is 20.3. The summed E-state index contributed by atoms with van der Waals surface area (Å²) in [7, 11) is 1.37. The highest BCUT2D eigenvalue weighted by Gasteiger charge is 2.29. The van der Waals surface area contributed by atoms with Gasteiger partial charge in [-0.15, -0.1) is 23.1 Å². The van der Waals surface area contributed by atoms with E-state index in [0.29, 0.717) is 21.8 Å². The molecule has 282 valence electrons. The summed E-state index contributed by atoms with van der Waals surface area (Å²) in [6.45, 7) is 0. The summed E-state index contributed by atoms with van der Waals surface area (Å²) in [5.74, 6) is -1.65. The Morgan fingerprint density at radius 2 is 1.45 bits per heavy atom. The number of esters is 1. The lowest BCUT2D eigenvalue weighted by atomic mass is 9.96. The highest BCUT2D eigenvalue weighted by Crippen LogP contribution is 2.41. The molecular weight excluding hydrogens is 739 g/mol. The zero-order valence-electron chi connectivity index (χ0n) is 30.9. The van der Waals surface area contributed by atoms with Crippen LogP contribution in [0, 0.1) is 0 Å². The van der Waals surface area contributed by atoms with Gasteiger partial charge in [0.25, 0.3) is 11.8 Å². The number of rotatable bonds is 11. The number of thioether (sulfide) groups is 1. The van der Waals surface area contributed by atoms with Crippen molar-refractivity contribution in [3.8, 4) is 0 Å². The molecule has 7 rings (SSSR count). The van der Waals surface area contributed by atoms with Gasteiger partial charge < -0.3 is 20.7 Å². The largest absolute Gasteiger partial charge is 0.465 e. The van der Waals surface area contributed by atoms with Crippen LogP contribution in [-0.4, -0.2) is 30.8 Å². The number of benzene rings is 5. The average Bonchev–Trinajstić information content (AvgIpc) is 3.54. The number of nitrogens with one attached hydrogen (secondary N) is 3. The number of ether oxygens (including phenoxy) is 1. The average molecular weight is 780 g/mol. The normalized spacial score (nSPS) is 13.4. The fourth-order valence-corrected chi connectivity index (χ4v) is 9.22. The van der Waals surface area contributed by atoms with Gasteiger partial charge in [-0.2, -0.15) is 0 Å². The Morgan fingerprint density at radius 1 is 0.750 bits per heavy atom. The lowest BCUT2D eigenvalue weighted by Crippen LogP contribution is -2.30. The van der Waals surface area contributed by atoms with Crippen molar-refractivity contribution in [1.29, 1.82) is 0 Å². The summed E-state index contributed by atoms with van der Waals surface area (Å²) in [6.07, 6.45) is 7.59. The number of fused-ring (bicyclic) bond motifs is 2. The van der Waals surface area contributed by atoms with Crippen molar-refractivity contribution in [2.24, 2.45) is 0 Å². The molecule has 1 atom stereocenters. The maximum absolute atomic E-state index is 14.3. The Balaban J connectivity index is 1.16. The number of aryl methyl sites for hydroxylation is 1. The minimum atomic E-state index is -0.690. The van der Waals surface area contributed by atoms with Crippen LogP contribution in [0.3, 0.4) is 0 Å². The maximum Gasteiger partial charge on any atom is 0.341 e. The first-order valence-electron chi connectivity index (χ1n) is 18.6. The number of hydrogen-bond acceptors (Lipinski definition) is 7. The first kappa shape index (κ1) is 38.3. The van der Waals surface area contributed by atoms with E-state index in [4.69, 9.17) is 4.74 Å². The lowest BCUT2D eigenvalue weighted by molar-refractivity contribution is -0.116. The summed E-state index contributed by atoms with van der Waals surface area (Å²) < 4.78 is 5.20. The molecule has 0 saturated heterocycles. The van der Waals surface area contributed by atoms with E-state index in [9.17, 15) is 19.2 Å². The van der Waals surface area contributed by atoms with Gasteiger partial charge in [-0.1, -0.05) is 110 Å². The molecule has 56 heavy (non-hydrogen) atoms. The molecule has 0 spiro atoms. The zero-order chi connectivity index (χ0) is 38.9. The Labute approximate surface area is 334 Å². The molecule has 8 nitrogen and oxygen atoms in total. The summed E-state index contributed by atoms with van der Waals surface area (Å²) in [6, 6.07) is 39.1. The van der Waals surface area contributed by atoms with E-state index in [0.717, 1.165) is 75.8 Å². The van der Waals surface area contributed by atoms with Crippen LogP contribution in [0.25, 0.3) is 16.8 Å².